The van der Waals surface area contributed by atoms with Crippen LogP contribution in [0.3, 0.4) is 0 Å². The van der Waals surface area contributed by atoms with Gasteiger partial charge in [-0.15, -0.1) is 0 Å². The number of hydrogen-bond donors (Lipinski definition) is 1. The third-order valence-corrected chi connectivity index (χ3v) is 3.34. The summed E-state index contributed by atoms with van der Waals surface area (Å²) in [5.41, 5.74) is 0.639. The van der Waals surface area contributed by atoms with Crippen LogP contribution in [0, 0.1) is 5.92 Å². The molecule has 0 saturated carbocycles. The minimum Gasteiger partial charge on any atom is -0.497 e. The molecule has 0 bridgehead atoms. The Kier molecular flexibility index (Phi) is 7.60. The van der Waals surface area contributed by atoms with E-state index in [0.717, 1.165) is 5.75 Å². The van der Waals surface area contributed by atoms with Gasteiger partial charge in [-0.1, -0.05) is 13.8 Å². The van der Waals surface area contributed by atoms with Crippen molar-refractivity contribution in [3.05, 3.63) is 29.8 Å². The first-order valence-corrected chi connectivity index (χ1v) is 7.56. The molecule has 5 nitrogen and oxygen atoms in total. The summed E-state index contributed by atoms with van der Waals surface area (Å²) in [6.07, 6.45) is 0.328. The highest BCUT2D eigenvalue weighted by Crippen LogP contribution is 2.12. The Balaban J connectivity index is 2.49. The van der Waals surface area contributed by atoms with Gasteiger partial charge in [-0.3, -0.25) is 9.59 Å². The fourth-order valence-corrected chi connectivity index (χ4v) is 2.09. The van der Waals surface area contributed by atoms with Crippen molar-refractivity contribution in [3.8, 4) is 5.75 Å². The summed E-state index contributed by atoms with van der Waals surface area (Å²) < 4.78 is 10.1. The average Bonchev–Trinajstić information content (AvgIpc) is 2.51. The van der Waals surface area contributed by atoms with E-state index < -0.39 is 0 Å². The van der Waals surface area contributed by atoms with Crippen molar-refractivity contribution >= 4 is 11.8 Å². The van der Waals surface area contributed by atoms with Gasteiger partial charge in [0.2, 0.25) is 0 Å². The number of esters is 1. The molecule has 0 heterocycles. The molecule has 0 saturated heterocycles. The largest absolute Gasteiger partial charge is 0.497 e. The predicted molar refractivity (Wildman–Crippen MR) is 85.2 cm³/mol. The molecule has 1 rings (SSSR count). The Hall–Kier alpha value is -1.88. The number of methoxy groups -OCH3 is 1. The van der Waals surface area contributed by atoms with Gasteiger partial charge in [0.25, 0.3) is 0 Å². The SMILES string of the molecule is CCOC(=O)C(NCCC(=O)c1ccc(OC)cc1)C(C)C. The van der Waals surface area contributed by atoms with Crippen molar-refractivity contribution in [1.82, 2.24) is 5.32 Å². The maximum absolute atomic E-state index is 12.1. The molecule has 1 unspecified atom stereocenters. The van der Waals surface area contributed by atoms with Crippen LogP contribution < -0.4 is 10.1 Å². The van der Waals surface area contributed by atoms with Crippen LogP contribution in [0.25, 0.3) is 0 Å². The quantitative estimate of drug-likeness (QED) is 0.561. The van der Waals surface area contributed by atoms with E-state index in [0.29, 0.717) is 25.1 Å². The molecule has 0 radical (unpaired) electrons. The molecule has 1 aromatic rings. The molecule has 1 N–H and O–H groups in total. The van der Waals surface area contributed by atoms with E-state index in [9.17, 15) is 9.59 Å². The van der Waals surface area contributed by atoms with E-state index in [-0.39, 0.29) is 23.7 Å². The molecule has 1 atom stereocenters. The van der Waals surface area contributed by atoms with Crippen LogP contribution in [0.2, 0.25) is 0 Å². The summed E-state index contributed by atoms with van der Waals surface area (Å²) >= 11 is 0. The first kappa shape index (κ1) is 18.2. The molecule has 0 aliphatic rings. The Morgan fingerprint density at radius 2 is 1.82 bits per heavy atom. The zero-order chi connectivity index (χ0) is 16.5. The lowest BCUT2D eigenvalue weighted by Crippen LogP contribution is -2.43. The van der Waals surface area contributed by atoms with Gasteiger partial charge in [0.05, 0.1) is 13.7 Å². The Morgan fingerprint density at radius 1 is 1.18 bits per heavy atom. The number of nitrogens with one attached hydrogen (secondary N) is 1. The van der Waals surface area contributed by atoms with Crippen LogP contribution in [0.5, 0.6) is 5.75 Å². The van der Waals surface area contributed by atoms with Crippen LogP contribution in [-0.4, -0.2) is 38.1 Å². The van der Waals surface area contributed by atoms with Crippen molar-refractivity contribution in [2.75, 3.05) is 20.3 Å². The number of ketones is 1. The molecule has 0 aromatic heterocycles. The molecule has 0 amide bonds. The van der Waals surface area contributed by atoms with E-state index >= 15 is 0 Å². The highest BCUT2D eigenvalue weighted by atomic mass is 16.5. The van der Waals surface area contributed by atoms with E-state index in [1.165, 1.54) is 0 Å². The van der Waals surface area contributed by atoms with Crippen LogP contribution in [0.15, 0.2) is 24.3 Å². The summed E-state index contributed by atoms with van der Waals surface area (Å²) in [5, 5.41) is 3.11. The van der Waals surface area contributed by atoms with Crippen molar-refractivity contribution in [2.24, 2.45) is 5.92 Å². The summed E-state index contributed by atoms with van der Waals surface area (Å²) in [4.78, 5) is 23.9. The standard InChI is InChI=1S/C17H25NO4/c1-5-22-17(20)16(12(2)3)18-11-10-15(19)13-6-8-14(21-4)9-7-13/h6-9,12,16,18H,5,10-11H2,1-4H3. The van der Waals surface area contributed by atoms with Crippen LogP contribution in [-0.2, 0) is 9.53 Å². The smallest absolute Gasteiger partial charge is 0.323 e. The minimum absolute atomic E-state index is 0.0292. The van der Waals surface area contributed by atoms with Gasteiger partial charge < -0.3 is 14.8 Å². The molecule has 1 aromatic carbocycles. The monoisotopic (exact) mass is 307 g/mol. The second-order valence-corrected chi connectivity index (χ2v) is 5.33. The summed E-state index contributed by atoms with van der Waals surface area (Å²) in [6.45, 7) is 6.46. The summed E-state index contributed by atoms with van der Waals surface area (Å²) in [6, 6.07) is 6.62. The molecule has 122 valence electrons. The lowest BCUT2D eigenvalue weighted by Gasteiger charge is -2.20. The van der Waals surface area contributed by atoms with Gasteiger partial charge in [-0.25, -0.2) is 0 Å². The van der Waals surface area contributed by atoms with Gasteiger partial charge in [0.1, 0.15) is 11.8 Å². The summed E-state index contributed by atoms with van der Waals surface area (Å²) in [5.74, 6) is 0.586. The normalized spacial score (nSPS) is 12.0. The number of benzene rings is 1. The molecule has 0 aliphatic carbocycles. The first-order chi connectivity index (χ1) is 10.5. The van der Waals surface area contributed by atoms with E-state index in [4.69, 9.17) is 9.47 Å². The molecular formula is C17H25NO4. The van der Waals surface area contributed by atoms with Crippen molar-refractivity contribution < 1.29 is 19.1 Å². The number of rotatable bonds is 9. The lowest BCUT2D eigenvalue weighted by atomic mass is 10.0. The molecule has 5 heteroatoms. The van der Waals surface area contributed by atoms with Gasteiger partial charge >= 0.3 is 5.97 Å². The Bertz CT molecular complexity index is 482. The number of carbonyl (C=O) groups excluding carboxylic acids is 2. The van der Waals surface area contributed by atoms with Crippen LogP contribution in [0.4, 0.5) is 0 Å². The second-order valence-electron chi connectivity index (χ2n) is 5.33. The van der Waals surface area contributed by atoms with Crippen LogP contribution >= 0.6 is 0 Å². The third kappa shape index (κ3) is 5.48. The third-order valence-electron chi connectivity index (χ3n) is 3.34. The second kappa shape index (κ2) is 9.20. The fraction of sp³-hybridized carbons (Fsp3) is 0.529. The highest BCUT2D eigenvalue weighted by Gasteiger charge is 2.22. The molecule has 0 spiro atoms. The zero-order valence-electron chi connectivity index (χ0n) is 13.7. The molecule has 0 fully saturated rings. The Labute approximate surface area is 132 Å². The summed E-state index contributed by atoms with van der Waals surface area (Å²) in [7, 11) is 1.59. The Morgan fingerprint density at radius 3 is 2.32 bits per heavy atom. The number of hydrogen-bond acceptors (Lipinski definition) is 5. The van der Waals surface area contributed by atoms with Crippen molar-refractivity contribution in [2.45, 2.75) is 33.2 Å². The minimum atomic E-state index is -0.386. The van der Waals surface area contributed by atoms with Crippen molar-refractivity contribution in [3.63, 3.8) is 0 Å². The molecule has 22 heavy (non-hydrogen) atoms. The predicted octanol–water partition coefficient (Wildman–Crippen LogP) is 2.45. The zero-order valence-corrected chi connectivity index (χ0v) is 13.7. The topological polar surface area (TPSA) is 64.6 Å². The van der Waals surface area contributed by atoms with Gasteiger partial charge in [0, 0.05) is 18.5 Å². The van der Waals surface area contributed by atoms with Crippen molar-refractivity contribution in [1.29, 1.82) is 0 Å². The molecule has 0 aliphatic heterocycles. The van der Waals surface area contributed by atoms with E-state index in [1.54, 1.807) is 38.3 Å². The number of Topliss-reactive ketones (excluding diaryl/α,β-unsaturated/α-hetero) is 1. The van der Waals surface area contributed by atoms with Crippen LogP contribution in [0.1, 0.15) is 37.6 Å². The van der Waals surface area contributed by atoms with Gasteiger partial charge in [-0.05, 0) is 37.1 Å². The molecular weight excluding hydrogens is 282 g/mol. The first-order valence-electron chi connectivity index (χ1n) is 7.56. The maximum Gasteiger partial charge on any atom is 0.323 e. The van der Waals surface area contributed by atoms with E-state index in [2.05, 4.69) is 5.32 Å². The number of carbonyl (C=O) groups is 2. The van der Waals surface area contributed by atoms with Gasteiger partial charge in [0.15, 0.2) is 5.78 Å². The number of ether oxygens (including phenoxy) is 2. The fourth-order valence-electron chi connectivity index (χ4n) is 2.09. The lowest BCUT2D eigenvalue weighted by molar-refractivity contribution is -0.146. The maximum atomic E-state index is 12.1. The van der Waals surface area contributed by atoms with E-state index in [1.807, 2.05) is 13.8 Å². The average molecular weight is 307 g/mol. The van der Waals surface area contributed by atoms with Gasteiger partial charge in [-0.2, -0.15) is 0 Å². The highest BCUT2D eigenvalue weighted by molar-refractivity contribution is 5.96.